The molecule has 1 aliphatic heterocycles. The van der Waals surface area contributed by atoms with E-state index in [9.17, 15) is 4.79 Å². The number of thioether (sulfide) groups is 1. The Labute approximate surface area is 187 Å². The van der Waals surface area contributed by atoms with Crippen LogP contribution in [-0.4, -0.2) is 46.5 Å². The number of hydrogen-bond acceptors (Lipinski definition) is 6. The van der Waals surface area contributed by atoms with Crippen LogP contribution in [0.4, 0.5) is 0 Å². The molecule has 2 heterocycles. The minimum absolute atomic E-state index is 0.132. The molecule has 1 amide bonds. The van der Waals surface area contributed by atoms with Crippen LogP contribution in [0.15, 0.2) is 64.2 Å². The number of carbonyl (C=O) groups is 1. The maximum Gasteiger partial charge on any atom is 0.277 e. The number of amides is 1. The summed E-state index contributed by atoms with van der Waals surface area (Å²) in [4.78, 5) is 14.9. The van der Waals surface area contributed by atoms with Crippen molar-refractivity contribution in [3.8, 4) is 17.2 Å². The fourth-order valence-corrected chi connectivity index (χ4v) is 4.64. The van der Waals surface area contributed by atoms with Gasteiger partial charge in [0.2, 0.25) is 11.8 Å². The van der Waals surface area contributed by atoms with Crippen LogP contribution in [-0.2, 0) is 11.2 Å². The summed E-state index contributed by atoms with van der Waals surface area (Å²) < 4.78 is 10.9. The van der Waals surface area contributed by atoms with Gasteiger partial charge in [-0.15, -0.1) is 10.2 Å². The van der Waals surface area contributed by atoms with Crippen LogP contribution in [0.5, 0.6) is 5.75 Å². The van der Waals surface area contributed by atoms with Gasteiger partial charge < -0.3 is 14.1 Å². The Kier molecular flexibility index (Phi) is 6.92. The van der Waals surface area contributed by atoms with Gasteiger partial charge in [-0.25, -0.2) is 0 Å². The molecule has 4 rings (SSSR count). The van der Waals surface area contributed by atoms with Crippen LogP contribution in [0.1, 0.15) is 25.3 Å². The first-order valence-electron chi connectivity index (χ1n) is 10.6. The van der Waals surface area contributed by atoms with E-state index in [0.29, 0.717) is 17.0 Å². The zero-order chi connectivity index (χ0) is 21.6. The van der Waals surface area contributed by atoms with Crippen LogP contribution in [0, 0.1) is 5.92 Å². The number of benzene rings is 2. The summed E-state index contributed by atoms with van der Waals surface area (Å²) in [6, 6.07) is 18.0. The van der Waals surface area contributed by atoms with E-state index in [4.69, 9.17) is 9.15 Å². The Morgan fingerprint density at radius 2 is 1.84 bits per heavy atom. The normalized spacial score (nSPS) is 15.6. The standard InChI is InChI=1S/C24H27N3O3S/c1-17(31-24-26-25-22(30-24)20-8-10-21(29-2)11-9-20)23(28)27-14-12-19(13-15-27)16-18-6-4-3-5-7-18/h3-11,17,19H,12-16H2,1-2H3. The fraction of sp³-hybridized carbons (Fsp3) is 0.375. The minimum Gasteiger partial charge on any atom is -0.497 e. The van der Waals surface area contributed by atoms with E-state index < -0.39 is 0 Å². The highest BCUT2D eigenvalue weighted by atomic mass is 32.2. The minimum atomic E-state index is -0.269. The quantitative estimate of drug-likeness (QED) is 0.499. The SMILES string of the molecule is COc1ccc(-c2nnc(SC(C)C(=O)N3CCC(Cc4ccccc4)CC3)o2)cc1. The van der Waals surface area contributed by atoms with E-state index in [1.54, 1.807) is 7.11 Å². The average molecular weight is 438 g/mol. The highest BCUT2D eigenvalue weighted by Gasteiger charge is 2.28. The number of carbonyl (C=O) groups excluding carboxylic acids is 1. The Bertz CT molecular complexity index is 983. The van der Waals surface area contributed by atoms with Gasteiger partial charge in [0.15, 0.2) is 0 Å². The molecule has 1 aromatic heterocycles. The van der Waals surface area contributed by atoms with E-state index in [1.165, 1.54) is 17.3 Å². The summed E-state index contributed by atoms with van der Waals surface area (Å²) in [5.74, 6) is 1.97. The monoisotopic (exact) mass is 437 g/mol. The molecule has 0 saturated carbocycles. The van der Waals surface area contributed by atoms with Crippen molar-refractivity contribution in [2.75, 3.05) is 20.2 Å². The van der Waals surface area contributed by atoms with E-state index in [-0.39, 0.29) is 11.2 Å². The van der Waals surface area contributed by atoms with Gasteiger partial charge in [0.1, 0.15) is 5.75 Å². The third kappa shape index (κ3) is 5.47. The largest absolute Gasteiger partial charge is 0.497 e. The highest BCUT2D eigenvalue weighted by Crippen LogP contribution is 2.29. The van der Waals surface area contributed by atoms with Crippen molar-refractivity contribution in [3.63, 3.8) is 0 Å². The lowest BCUT2D eigenvalue weighted by Gasteiger charge is -2.33. The Morgan fingerprint density at radius 3 is 2.52 bits per heavy atom. The van der Waals surface area contributed by atoms with Crippen molar-refractivity contribution in [2.45, 2.75) is 36.7 Å². The van der Waals surface area contributed by atoms with Gasteiger partial charge >= 0.3 is 0 Å². The van der Waals surface area contributed by atoms with Crippen molar-refractivity contribution < 1.29 is 13.9 Å². The highest BCUT2D eigenvalue weighted by molar-refractivity contribution is 8.00. The number of hydrogen-bond donors (Lipinski definition) is 0. The number of methoxy groups -OCH3 is 1. The summed E-state index contributed by atoms with van der Waals surface area (Å²) in [7, 11) is 1.63. The molecule has 162 valence electrons. The van der Waals surface area contributed by atoms with Gasteiger partial charge in [-0.1, -0.05) is 42.1 Å². The summed E-state index contributed by atoms with van der Waals surface area (Å²) in [5.41, 5.74) is 2.19. The summed E-state index contributed by atoms with van der Waals surface area (Å²) >= 11 is 1.32. The Balaban J connectivity index is 1.28. The maximum absolute atomic E-state index is 12.9. The molecule has 1 atom stereocenters. The number of rotatable bonds is 7. The third-order valence-corrected chi connectivity index (χ3v) is 6.58. The lowest BCUT2D eigenvalue weighted by molar-refractivity contribution is -0.131. The van der Waals surface area contributed by atoms with E-state index >= 15 is 0 Å². The zero-order valence-corrected chi connectivity index (χ0v) is 18.7. The first kappa shape index (κ1) is 21.4. The van der Waals surface area contributed by atoms with Crippen molar-refractivity contribution in [3.05, 3.63) is 60.2 Å². The number of aromatic nitrogens is 2. The second-order valence-corrected chi connectivity index (χ2v) is 9.11. The maximum atomic E-state index is 12.9. The predicted molar refractivity (Wildman–Crippen MR) is 121 cm³/mol. The molecule has 0 spiro atoms. The molecule has 1 fully saturated rings. The molecule has 6 nitrogen and oxygen atoms in total. The first-order valence-corrected chi connectivity index (χ1v) is 11.5. The van der Waals surface area contributed by atoms with Gasteiger partial charge in [-0.3, -0.25) is 4.79 Å². The molecule has 7 heteroatoms. The van der Waals surface area contributed by atoms with Gasteiger partial charge in [0.05, 0.1) is 12.4 Å². The molecule has 31 heavy (non-hydrogen) atoms. The average Bonchev–Trinajstić information content (AvgIpc) is 3.28. The molecule has 1 saturated heterocycles. The number of nitrogens with zero attached hydrogens (tertiary/aromatic N) is 3. The van der Waals surface area contributed by atoms with Crippen molar-refractivity contribution >= 4 is 17.7 Å². The second-order valence-electron chi connectivity index (χ2n) is 7.82. The van der Waals surface area contributed by atoms with E-state index in [2.05, 4.69) is 34.5 Å². The molecule has 0 radical (unpaired) electrons. The fourth-order valence-electron chi connectivity index (χ4n) is 3.87. The van der Waals surface area contributed by atoms with Crippen molar-refractivity contribution in [1.82, 2.24) is 15.1 Å². The number of piperidine rings is 1. The van der Waals surface area contributed by atoms with Crippen LogP contribution < -0.4 is 4.74 Å². The number of likely N-dealkylation sites (tertiary alicyclic amines) is 1. The second kappa shape index (κ2) is 10.0. The molecule has 0 bridgehead atoms. The molecule has 0 N–H and O–H groups in total. The van der Waals surface area contributed by atoms with Crippen LogP contribution >= 0.6 is 11.8 Å². The Morgan fingerprint density at radius 1 is 1.13 bits per heavy atom. The van der Waals surface area contributed by atoms with Crippen molar-refractivity contribution in [1.29, 1.82) is 0 Å². The molecule has 3 aromatic rings. The molecule has 0 aliphatic carbocycles. The molecule has 1 aliphatic rings. The zero-order valence-electron chi connectivity index (χ0n) is 17.9. The lowest BCUT2D eigenvalue weighted by Crippen LogP contribution is -2.42. The number of ether oxygens (including phenoxy) is 1. The summed E-state index contributed by atoms with van der Waals surface area (Å²) in [6.07, 6.45) is 3.17. The van der Waals surface area contributed by atoms with Crippen LogP contribution in [0.3, 0.4) is 0 Å². The van der Waals surface area contributed by atoms with Crippen molar-refractivity contribution in [2.24, 2.45) is 5.92 Å². The van der Waals surface area contributed by atoms with Gasteiger partial charge in [0, 0.05) is 18.7 Å². The van der Waals surface area contributed by atoms with Gasteiger partial charge in [-0.2, -0.15) is 0 Å². The first-order chi connectivity index (χ1) is 15.1. The van der Waals surface area contributed by atoms with Crippen LogP contribution in [0.25, 0.3) is 11.5 Å². The molecule has 1 unspecified atom stereocenters. The lowest BCUT2D eigenvalue weighted by atomic mass is 9.90. The van der Waals surface area contributed by atoms with Crippen LogP contribution in [0.2, 0.25) is 0 Å². The van der Waals surface area contributed by atoms with E-state index in [0.717, 1.165) is 43.7 Å². The van der Waals surface area contributed by atoms with Gasteiger partial charge in [0.25, 0.3) is 5.22 Å². The predicted octanol–water partition coefficient (Wildman–Crippen LogP) is 4.71. The van der Waals surface area contributed by atoms with E-state index in [1.807, 2.05) is 42.2 Å². The smallest absolute Gasteiger partial charge is 0.277 e. The summed E-state index contributed by atoms with van der Waals surface area (Å²) in [5, 5.41) is 8.36. The summed E-state index contributed by atoms with van der Waals surface area (Å²) in [6.45, 7) is 3.52. The molecular weight excluding hydrogens is 410 g/mol. The Hall–Kier alpha value is -2.80. The molecule has 2 aromatic carbocycles. The third-order valence-electron chi connectivity index (χ3n) is 5.66. The topological polar surface area (TPSA) is 68.5 Å². The molecular formula is C24H27N3O3S. The van der Waals surface area contributed by atoms with Gasteiger partial charge in [-0.05, 0) is 61.9 Å².